The maximum atomic E-state index is 12.6. The van der Waals surface area contributed by atoms with Crippen molar-refractivity contribution in [2.75, 3.05) is 0 Å². The van der Waals surface area contributed by atoms with Gasteiger partial charge in [-0.1, -0.05) is 126 Å². The lowest BCUT2D eigenvalue weighted by Gasteiger charge is -2.11. The zero-order valence-corrected chi connectivity index (χ0v) is 30.1. The smallest absolute Gasteiger partial charge is 0.188 e. The summed E-state index contributed by atoms with van der Waals surface area (Å²) in [7, 11) is 0. The molecule has 0 saturated carbocycles. The Bertz CT molecular complexity index is 1990. The van der Waals surface area contributed by atoms with Gasteiger partial charge in [-0.25, -0.2) is 0 Å². The van der Waals surface area contributed by atoms with Crippen LogP contribution in [0.3, 0.4) is 0 Å². The van der Waals surface area contributed by atoms with Crippen LogP contribution in [-0.2, 0) is 25.7 Å². The molecule has 2 nitrogen and oxygen atoms in total. The Labute approximate surface area is 293 Å². The number of Topliss-reactive ketones (excluding diaryl/α,β-unsaturated/α-hetero) is 2. The molecular weight excluding hydrogens is 597 g/mol. The van der Waals surface area contributed by atoms with E-state index in [2.05, 4.69) is 97.9 Å². The summed E-state index contributed by atoms with van der Waals surface area (Å²) in [4.78, 5) is 25.2. The Morgan fingerprint density at radius 1 is 0.388 bits per heavy atom. The van der Waals surface area contributed by atoms with E-state index in [1.807, 2.05) is 65.8 Å². The first-order valence-electron chi connectivity index (χ1n) is 17.3. The molecule has 0 amide bonds. The third kappa shape index (κ3) is 9.30. The van der Waals surface area contributed by atoms with E-state index in [9.17, 15) is 9.59 Å². The summed E-state index contributed by atoms with van der Waals surface area (Å²) in [6.07, 6.45) is 3.50. The van der Waals surface area contributed by atoms with Crippen LogP contribution >= 0.6 is 0 Å². The van der Waals surface area contributed by atoms with Gasteiger partial charge in [0.2, 0.25) is 0 Å². The highest BCUT2D eigenvalue weighted by molar-refractivity contribution is 6.09. The van der Waals surface area contributed by atoms with Crippen molar-refractivity contribution in [3.8, 4) is 0 Å². The second-order valence-corrected chi connectivity index (χ2v) is 13.9. The number of allylic oxidation sites excluding steroid dienone is 4. The van der Waals surface area contributed by atoms with Crippen molar-refractivity contribution in [3.63, 3.8) is 0 Å². The van der Waals surface area contributed by atoms with Gasteiger partial charge in [-0.3, -0.25) is 9.59 Å². The molecule has 2 heteroatoms. The van der Waals surface area contributed by atoms with E-state index < -0.39 is 0 Å². The van der Waals surface area contributed by atoms with Crippen molar-refractivity contribution < 1.29 is 9.59 Å². The van der Waals surface area contributed by atoms with E-state index in [4.69, 9.17) is 0 Å². The summed E-state index contributed by atoms with van der Waals surface area (Å²) < 4.78 is 0. The summed E-state index contributed by atoms with van der Waals surface area (Å²) in [6.45, 7) is 13.9. The van der Waals surface area contributed by atoms with Crippen molar-refractivity contribution in [2.24, 2.45) is 0 Å². The van der Waals surface area contributed by atoms with E-state index in [0.717, 1.165) is 59.1 Å². The zero-order valence-electron chi connectivity index (χ0n) is 30.1. The zero-order chi connectivity index (χ0) is 35.1. The Balaban J connectivity index is 1.14. The quantitative estimate of drug-likeness (QED) is 0.100. The second kappa shape index (κ2) is 15.9. The van der Waals surface area contributed by atoms with Crippen molar-refractivity contribution in [3.05, 3.63) is 199 Å². The normalized spacial score (nSPS) is 10.8. The van der Waals surface area contributed by atoms with Crippen LogP contribution < -0.4 is 0 Å². The number of hydrogen-bond donors (Lipinski definition) is 0. The SMILES string of the molecule is CC(C)=C(C)C(=O)c1ccc(Cc2ccc(Cc3ccc(Cc4ccc(Cc5ccc(C(=O)C(C)=C(C)C)cc5)cc4)c(C)c3)cc2)cc1. The molecular formula is C47H48O2. The summed E-state index contributed by atoms with van der Waals surface area (Å²) in [5.74, 6) is 0.211. The van der Waals surface area contributed by atoms with Crippen LogP contribution in [0, 0.1) is 6.92 Å². The minimum absolute atomic E-state index is 0.105. The molecule has 5 rings (SSSR count). The molecule has 0 N–H and O–H groups in total. The van der Waals surface area contributed by atoms with Crippen LogP contribution in [0.2, 0.25) is 0 Å². The fraction of sp³-hybridized carbons (Fsp3) is 0.234. The Morgan fingerprint density at radius 3 is 1.00 bits per heavy atom. The summed E-state index contributed by atoms with van der Waals surface area (Å²) in [5.41, 5.74) is 16.8. The van der Waals surface area contributed by atoms with Gasteiger partial charge < -0.3 is 0 Å². The maximum Gasteiger partial charge on any atom is 0.188 e. The number of rotatable bonds is 12. The topological polar surface area (TPSA) is 34.1 Å². The number of benzene rings is 5. The predicted molar refractivity (Wildman–Crippen MR) is 205 cm³/mol. The number of carbonyl (C=O) groups is 2. The average Bonchev–Trinajstić information content (AvgIpc) is 3.10. The van der Waals surface area contributed by atoms with Gasteiger partial charge in [0, 0.05) is 11.1 Å². The molecule has 0 bridgehead atoms. The van der Waals surface area contributed by atoms with Gasteiger partial charge in [0.1, 0.15) is 0 Å². The summed E-state index contributed by atoms with van der Waals surface area (Å²) in [5, 5.41) is 0. The number of aryl methyl sites for hydroxylation is 1. The van der Waals surface area contributed by atoms with Crippen LogP contribution in [0.15, 0.2) is 138 Å². The molecule has 0 saturated heterocycles. The van der Waals surface area contributed by atoms with E-state index >= 15 is 0 Å². The van der Waals surface area contributed by atoms with Gasteiger partial charge in [0.25, 0.3) is 0 Å². The van der Waals surface area contributed by atoms with E-state index in [-0.39, 0.29) is 11.6 Å². The van der Waals surface area contributed by atoms with Crippen LogP contribution in [0.25, 0.3) is 0 Å². The van der Waals surface area contributed by atoms with Gasteiger partial charge in [-0.15, -0.1) is 0 Å². The van der Waals surface area contributed by atoms with Crippen molar-refractivity contribution in [2.45, 2.75) is 74.1 Å². The van der Waals surface area contributed by atoms with Gasteiger partial charge in [0.05, 0.1) is 0 Å². The lowest BCUT2D eigenvalue weighted by Crippen LogP contribution is -2.02. The van der Waals surface area contributed by atoms with Gasteiger partial charge >= 0.3 is 0 Å². The molecule has 248 valence electrons. The lowest BCUT2D eigenvalue weighted by atomic mass is 9.94. The molecule has 49 heavy (non-hydrogen) atoms. The van der Waals surface area contributed by atoms with Crippen LogP contribution in [0.5, 0.6) is 0 Å². The minimum atomic E-state index is 0.105. The van der Waals surface area contributed by atoms with Crippen LogP contribution in [0.4, 0.5) is 0 Å². The number of hydrogen-bond acceptors (Lipinski definition) is 2. The first kappa shape index (κ1) is 35.2. The number of carbonyl (C=O) groups excluding carboxylic acids is 2. The first-order valence-corrected chi connectivity index (χ1v) is 17.3. The highest BCUT2D eigenvalue weighted by atomic mass is 16.1. The molecule has 0 radical (unpaired) electrons. The molecule has 5 aromatic carbocycles. The fourth-order valence-corrected chi connectivity index (χ4v) is 5.98. The lowest BCUT2D eigenvalue weighted by molar-refractivity contribution is 0.102. The molecule has 0 unspecified atom stereocenters. The molecule has 0 atom stereocenters. The van der Waals surface area contributed by atoms with Crippen molar-refractivity contribution in [1.82, 2.24) is 0 Å². The highest BCUT2D eigenvalue weighted by Crippen LogP contribution is 2.21. The molecule has 0 aliphatic carbocycles. The fourth-order valence-electron chi connectivity index (χ4n) is 5.98. The first-order chi connectivity index (χ1) is 23.5. The third-order valence-electron chi connectivity index (χ3n) is 9.69. The van der Waals surface area contributed by atoms with Gasteiger partial charge in [-0.05, 0) is 135 Å². The standard InChI is InChI=1S/C47H48O2/c1-31(2)34(6)46(48)43-21-16-39(17-22-43)27-36-8-10-38(11-9-36)29-42-20-25-45(33(5)26-42)30-41-14-12-37(13-15-41)28-40-18-23-44(24-19-40)47(49)35(7)32(3)4/h8-26H,27-30H2,1-7H3. The molecule has 0 heterocycles. The van der Waals surface area contributed by atoms with Crippen molar-refractivity contribution >= 4 is 11.6 Å². The maximum absolute atomic E-state index is 12.6. The van der Waals surface area contributed by atoms with E-state index in [1.165, 1.54) is 50.1 Å². The monoisotopic (exact) mass is 644 g/mol. The minimum Gasteiger partial charge on any atom is -0.289 e. The largest absolute Gasteiger partial charge is 0.289 e. The highest BCUT2D eigenvalue weighted by Gasteiger charge is 2.11. The van der Waals surface area contributed by atoms with Crippen LogP contribution in [0.1, 0.15) is 112 Å². The van der Waals surface area contributed by atoms with Crippen molar-refractivity contribution in [1.29, 1.82) is 0 Å². The Morgan fingerprint density at radius 2 is 0.673 bits per heavy atom. The predicted octanol–water partition coefficient (Wildman–Crippen LogP) is 11.4. The molecule has 0 aliphatic rings. The van der Waals surface area contributed by atoms with E-state index in [1.54, 1.807) is 0 Å². The Hall–Kier alpha value is -5.08. The molecule has 0 aromatic heterocycles. The van der Waals surface area contributed by atoms with Crippen LogP contribution in [-0.4, -0.2) is 11.6 Å². The molecule has 5 aromatic rings. The third-order valence-corrected chi connectivity index (χ3v) is 9.69. The van der Waals surface area contributed by atoms with E-state index in [0.29, 0.717) is 0 Å². The molecule has 0 aliphatic heterocycles. The van der Waals surface area contributed by atoms with Gasteiger partial charge in [0.15, 0.2) is 11.6 Å². The number of ketones is 2. The Kier molecular flexibility index (Phi) is 11.4. The molecule has 0 spiro atoms. The molecule has 0 fully saturated rings. The summed E-state index contributed by atoms with van der Waals surface area (Å²) in [6, 6.07) is 40.7. The second-order valence-electron chi connectivity index (χ2n) is 13.9. The average molecular weight is 645 g/mol. The summed E-state index contributed by atoms with van der Waals surface area (Å²) >= 11 is 0. The van der Waals surface area contributed by atoms with Gasteiger partial charge in [-0.2, -0.15) is 0 Å².